The zero-order valence-electron chi connectivity index (χ0n) is 16.1. The van der Waals surface area contributed by atoms with Gasteiger partial charge in [0, 0.05) is 49.9 Å². The van der Waals surface area contributed by atoms with Crippen LogP contribution in [0.1, 0.15) is 41.0 Å². The van der Waals surface area contributed by atoms with Crippen molar-refractivity contribution >= 4 is 5.91 Å². The van der Waals surface area contributed by atoms with Gasteiger partial charge in [0.2, 0.25) is 0 Å². The summed E-state index contributed by atoms with van der Waals surface area (Å²) in [6.45, 7) is 6.06. The summed E-state index contributed by atoms with van der Waals surface area (Å²) in [6.07, 6.45) is 3.24. The summed E-state index contributed by atoms with van der Waals surface area (Å²) in [7, 11) is 1.86. The Labute approximate surface area is 159 Å². The van der Waals surface area contributed by atoms with E-state index in [1.54, 1.807) is 10.7 Å². The molecule has 1 spiro atoms. The lowest BCUT2D eigenvalue weighted by Gasteiger charge is -2.40. The Hall–Kier alpha value is -2.21. The van der Waals surface area contributed by atoms with E-state index >= 15 is 0 Å². The van der Waals surface area contributed by atoms with Gasteiger partial charge in [-0.05, 0) is 44.9 Å². The Kier molecular flexibility index (Phi) is 4.76. The summed E-state index contributed by atoms with van der Waals surface area (Å²) in [5.41, 5.74) is 2.40. The highest BCUT2D eigenvalue weighted by Gasteiger charge is 2.43. The minimum absolute atomic E-state index is 0.0294. The molecule has 1 unspecified atom stereocenters. The van der Waals surface area contributed by atoms with E-state index in [1.807, 2.05) is 37.1 Å². The number of rotatable bonds is 3. The highest BCUT2D eigenvalue weighted by molar-refractivity contribution is 5.92. The van der Waals surface area contributed by atoms with Gasteiger partial charge in [0.1, 0.15) is 5.82 Å². The predicted octanol–water partition coefficient (Wildman–Crippen LogP) is 3.00. The summed E-state index contributed by atoms with van der Waals surface area (Å²) < 4.78 is 15.8. The molecular formula is C21H27FN4O. The number of hydrogen-bond donors (Lipinski definition) is 0. The van der Waals surface area contributed by atoms with E-state index in [1.165, 1.54) is 6.07 Å². The first-order chi connectivity index (χ1) is 13.0. The van der Waals surface area contributed by atoms with Crippen molar-refractivity contribution in [2.75, 3.05) is 26.2 Å². The Morgan fingerprint density at radius 2 is 2.04 bits per heavy atom. The van der Waals surface area contributed by atoms with Crippen molar-refractivity contribution in [1.29, 1.82) is 0 Å². The van der Waals surface area contributed by atoms with Crippen molar-refractivity contribution in [1.82, 2.24) is 19.6 Å². The highest BCUT2D eigenvalue weighted by Crippen LogP contribution is 2.39. The van der Waals surface area contributed by atoms with Crippen LogP contribution in [-0.2, 0) is 13.6 Å². The summed E-state index contributed by atoms with van der Waals surface area (Å²) >= 11 is 0. The molecule has 1 aromatic carbocycles. The van der Waals surface area contributed by atoms with Crippen molar-refractivity contribution in [3.63, 3.8) is 0 Å². The smallest absolute Gasteiger partial charge is 0.274 e. The van der Waals surface area contributed by atoms with E-state index in [2.05, 4.69) is 10.00 Å². The maximum atomic E-state index is 14.0. The van der Waals surface area contributed by atoms with Gasteiger partial charge in [0.05, 0.1) is 0 Å². The predicted molar refractivity (Wildman–Crippen MR) is 102 cm³/mol. The second-order valence-electron chi connectivity index (χ2n) is 8.18. The molecule has 0 saturated carbocycles. The first-order valence-corrected chi connectivity index (χ1v) is 9.71. The van der Waals surface area contributed by atoms with Crippen molar-refractivity contribution < 1.29 is 9.18 Å². The van der Waals surface area contributed by atoms with Gasteiger partial charge >= 0.3 is 0 Å². The largest absolute Gasteiger partial charge is 0.337 e. The van der Waals surface area contributed by atoms with Crippen LogP contribution in [0, 0.1) is 18.2 Å². The second-order valence-corrected chi connectivity index (χ2v) is 8.18. The summed E-state index contributed by atoms with van der Waals surface area (Å²) in [4.78, 5) is 17.1. The topological polar surface area (TPSA) is 41.4 Å². The van der Waals surface area contributed by atoms with Crippen LogP contribution >= 0.6 is 0 Å². The average molecular weight is 370 g/mol. The molecule has 4 rings (SSSR count). The van der Waals surface area contributed by atoms with E-state index in [0.29, 0.717) is 12.2 Å². The number of nitrogens with zero attached hydrogens (tertiary/aromatic N) is 4. The fourth-order valence-corrected chi connectivity index (χ4v) is 4.58. The number of halogens is 1. The van der Waals surface area contributed by atoms with E-state index in [-0.39, 0.29) is 17.1 Å². The number of benzene rings is 1. The summed E-state index contributed by atoms with van der Waals surface area (Å²) in [5, 5.41) is 4.34. The van der Waals surface area contributed by atoms with Gasteiger partial charge in [-0.3, -0.25) is 14.4 Å². The van der Waals surface area contributed by atoms with Gasteiger partial charge in [-0.15, -0.1) is 0 Å². The molecule has 3 heterocycles. The van der Waals surface area contributed by atoms with Crippen molar-refractivity contribution in [2.45, 2.75) is 32.7 Å². The molecule has 0 aliphatic carbocycles. The van der Waals surface area contributed by atoms with Crippen LogP contribution in [0.25, 0.3) is 0 Å². The highest BCUT2D eigenvalue weighted by atomic mass is 19.1. The molecule has 2 aromatic rings. The Bertz CT molecular complexity index is 829. The van der Waals surface area contributed by atoms with E-state index in [0.717, 1.165) is 56.7 Å². The number of amides is 1. The van der Waals surface area contributed by atoms with Crippen molar-refractivity contribution in [3.8, 4) is 0 Å². The fourth-order valence-electron chi connectivity index (χ4n) is 4.58. The fraction of sp³-hybridized carbons (Fsp3) is 0.524. The Morgan fingerprint density at radius 1 is 1.22 bits per heavy atom. The molecule has 1 amide bonds. The molecule has 2 aliphatic heterocycles. The lowest BCUT2D eigenvalue weighted by atomic mass is 9.79. The SMILES string of the molecule is Cc1cc(C(=O)N2CCC3(CCCN(Cc4ccccc4F)C3)C2)nn1C. The summed E-state index contributed by atoms with van der Waals surface area (Å²) in [6, 6.07) is 8.88. The number of aryl methyl sites for hydroxylation is 2. The van der Waals surface area contributed by atoms with E-state index < -0.39 is 0 Å². The Balaban J connectivity index is 1.43. The lowest BCUT2D eigenvalue weighted by molar-refractivity contribution is 0.0668. The number of aromatic nitrogens is 2. The molecule has 2 aliphatic rings. The maximum absolute atomic E-state index is 14.0. The van der Waals surface area contributed by atoms with Gasteiger partial charge in [-0.2, -0.15) is 5.10 Å². The normalized spacial score (nSPS) is 23.3. The number of carbonyl (C=O) groups excluding carboxylic acids is 1. The van der Waals surface area contributed by atoms with E-state index in [9.17, 15) is 9.18 Å². The third-order valence-corrected chi connectivity index (χ3v) is 6.15. The second kappa shape index (κ2) is 7.08. The maximum Gasteiger partial charge on any atom is 0.274 e. The quantitative estimate of drug-likeness (QED) is 0.834. The first-order valence-electron chi connectivity index (χ1n) is 9.71. The van der Waals surface area contributed by atoms with Crippen molar-refractivity contribution in [2.24, 2.45) is 12.5 Å². The molecule has 0 radical (unpaired) electrons. The van der Waals surface area contributed by atoms with Gasteiger partial charge in [0.25, 0.3) is 5.91 Å². The van der Waals surface area contributed by atoms with Crippen LogP contribution in [0.2, 0.25) is 0 Å². The van der Waals surface area contributed by atoms with Crippen LogP contribution in [-0.4, -0.2) is 51.7 Å². The molecule has 2 saturated heterocycles. The zero-order chi connectivity index (χ0) is 19.0. The molecule has 5 nitrogen and oxygen atoms in total. The van der Waals surface area contributed by atoms with Crippen LogP contribution in [0.15, 0.2) is 30.3 Å². The molecule has 27 heavy (non-hydrogen) atoms. The van der Waals surface area contributed by atoms with E-state index in [4.69, 9.17) is 0 Å². The number of likely N-dealkylation sites (tertiary alicyclic amines) is 2. The molecular weight excluding hydrogens is 343 g/mol. The molecule has 2 fully saturated rings. The van der Waals surface area contributed by atoms with Gasteiger partial charge in [-0.25, -0.2) is 4.39 Å². The van der Waals surface area contributed by atoms with Crippen LogP contribution in [0.5, 0.6) is 0 Å². The monoisotopic (exact) mass is 370 g/mol. The standard InChI is InChI=1S/C21H27FN4O/c1-16-12-19(23-24(16)2)20(27)26-11-9-21(15-26)8-5-10-25(14-21)13-17-6-3-4-7-18(17)22/h3-4,6-7,12H,5,8-11,13-15H2,1-2H3. The number of carbonyl (C=O) groups is 1. The summed E-state index contributed by atoms with van der Waals surface area (Å²) in [5.74, 6) is -0.104. The molecule has 0 N–H and O–H groups in total. The third-order valence-electron chi connectivity index (χ3n) is 6.15. The van der Waals surface area contributed by atoms with Gasteiger partial charge in [0.15, 0.2) is 5.69 Å². The average Bonchev–Trinajstić information content (AvgIpc) is 3.20. The van der Waals surface area contributed by atoms with Crippen LogP contribution in [0.4, 0.5) is 4.39 Å². The lowest BCUT2D eigenvalue weighted by Crippen LogP contribution is -2.45. The third kappa shape index (κ3) is 3.63. The van der Waals surface area contributed by atoms with Crippen LogP contribution in [0.3, 0.4) is 0 Å². The molecule has 6 heteroatoms. The number of piperidine rings is 1. The molecule has 144 valence electrons. The van der Waals surface area contributed by atoms with Gasteiger partial charge < -0.3 is 4.90 Å². The minimum atomic E-state index is -0.133. The molecule has 1 aromatic heterocycles. The molecule has 1 atom stereocenters. The molecule has 0 bridgehead atoms. The zero-order valence-corrected chi connectivity index (χ0v) is 16.1. The minimum Gasteiger partial charge on any atom is -0.337 e. The van der Waals surface area contributed by atoms with Crippen LogP contribution < -0.4 is 0 Å². The first kappa shape index (κ1) is 18.2. The number of hydrogen-bond acceptors (Lipinski definition) is 3. The van der Waals surface area contributed by atoms with Crippen molar-refractivity contribution in [3.05, 3.63) is 53.1 Å². The Morgan fingerprint density at radius 3 is 2.78 bits per heavy atom. The van der Waals surface area contributed by atoms with Gasteiger partial charge in [-0.1, -0.05) is 18.2 Å².